The highest BCUT2D eigenvalue weighted by molar-refractivity contribution is 9.09. The first kappa shape index (κ1) is 11.9. The van der Waals surface area contributed by atoms with E-state index < -0.39 is 0 Å². The Balaban J connectivity index is 3.28. The molecule has 2 nitrogen and oxygen atoms in total. The molecule has 0 aliphatic heterocycles. The predicted molar refractivity (Wildman–Crippen MR) is 64.8 cm³/mol. The van der Waals surface area contributed by atoms with Crippen LogP contribution in [0.4, 0.5) is 0 Å². The van der Waals surface area contributed by atoms with Crippen molar-refractivity contribution < 1.29 is 9.47 Å². The molecule has 1 aromatic carbocycles. The summed E-state index contributed by atoms with van der Waals surface area (Å²) in [4.78, 5) is 0. The molecular formula is C10H12Br2O2. The molecule has 0 amide bonds. The molecule has 4 heteroatoms. The van der Waals surface area contributed by atoms with E-state index in [1.165, 1.54) is 5.56 Å². The van der Waals surface area contributed by atoms with Crippen molar-refractivity contribution in [3.05, 3.63) is 23.3 Å². The average Bonchev–Trinajstić information content (AvgIpc) is 2.26. The highest BCUT2D eigenvalue weighted by atomic mass is 79.9. The third-order valence-corrected chi connectivity index (χ3v) is 3.19. The van der Waals surface area contributed by atoms with Crippen LogP contribution < -0.4 is 9.47 Å². The molecule has 0 atom stereocenters. The normalized spacial score (nSPS) is 10.0. The minimum absolute atomic E-state index is 0.758. The molecule has 0 bridgehead atoms. The summed E-state index contributed by atoms with van der Waals surface area (Å²) in [5.74, 6) is 1.58. The van der Waals surface area contributed by atoms with Gasteiger partial charge in [-0.25, -0.2) is 0 Å². The van der Waals surface area contributed by atoms with E-state index in [9.17, 15) is 0 Å². The predicted octanol–water partition coefficient (Wildman–Crippen LogP) is 3.49. The first-order valence-corrected chi connectivity index (χ1v) is 6.37. The van der Waals surface area contributed by atoms with Crippen LogP contribution in [0.3, 0.4) is 0 Å². The number of alkyl halides is 2. The maximum Gasteiger partial charge on any atom is 0.165 e. The Kier molecular flexibility index (Phi) is 4.75. The van der Waals surface area contributed by atoms with Crippen LogP contribution in [-0.2, 0) is 10.7 Å². The molecule has 1 aromatic rings. The Bertz CT molecular complexity index is 282. The van der Waals surface area contributed by atoms with Crippen molar-refractivity contribution in [1.82, 2.24) is 0 Å². The minimum atomic E-state index is 0.758. The fraction of sp³-hybridized carbons (Fsp3) is 0.400. The second kappa shape index (κ2) is 5.61. The van der Waals surface area contributed by atoms with Crippen LogP contribution in [0.5, 0.6) is 11.5 Å². The van der Waals surface area contributed by atoms with Gasteiger partial charge in [-0.2, -0.15) is 0 Å². The fourth-order valence-corrected chi connectivity index (χ4v) is 2.44. The average molecular weight is 324 g/mol. The highest BCUT2D eigenvalue weighted by Gasteiger charge is 2.12. The quantitative estimate of drug-likeness (QED) is 0.790. The number of rotatable bonds is 4. The monoisotopic (exact) mass is 322 g/mol. The van der Waals surface area contributed by atoms with Crippen molar-refractivity contribution in [1.29, 1.82) is 0 Å². The van der Waals surface area contributed by atoms with E-state index in [4.69, 9.17) is 9.47 Å². The van der Waals surface area contributed by atoms with Crippen molar-refractivity contribution in [2.75, 3.05) is 14.2 Å². The molecule has 0 spiro atoms. The summed E-state index contributed by atoms with van der Waals surface area (Å²) < 4.78 is 10.5. The van der Waals surface area contributed by atoms with Gasteiger partial charge in [-0.15, -0.1) is 0 Å². The van der Waals surface area contributed by atoms with Crippen LogP contribution in [0.2, 0.25) is 0 Å². The second-order valence-electron chi connectivity index (χ2n) is 2.71. The van der Waals surface area contributed by atoms with Gasteiger partial charge in [-0.1, -0.05) is 37.9 Å². The van der Waals surface area contributed by atoms with Crippen LogP contribution in [0, 0.1) is 0 Å². The smallest absolute Gasteiger partial charge is 0.165 e. The van der Waals surface area contributed by atoms with Crippen LogP contribution in [0.15, 0.2) is 12.1 Å². The first-order valence-electron chi connectivity index (χ1n) is 4.13. The Hall–Kier alpha value is -0.220. The van der Waals surface area contributed by atoms with Gasteiger partial charge in [0.2, 0.25) is 0 Å². The standard InChI is InChI=1S/C10H12Br2O2/c1-13-9-4-3-7(5-11)8(6-12)10(9)14-2/h3-4H,5-6H2,1-2H3. The number of halogens is 2. The number of methoxy groups -OCH3 is 2. The van der Waals surface area contributed by atoms with Crippen LogP contribution >= 0.6 is 31.9 Å². The van der Waals surface area contributed by atoms with Gasteiger partial charge < -0.3 is 9.47 Å². The molecule has 0 unspecified atom stereocenters. The van der Waals surface area contributed by atoms with Gasteiger partial charge in [0.15, 0.2) is 11.5 Å². The second-order valence-corrected chi connectivity index (χ2v) is 3.83. The van der Waals surface area contributed by atoms with Crippen LogP contribution in [-0.4, -0.2) is 14.2 Å². The summed E-state index contributed by atoms with van der Waals surface area (Å²) in [6, 6.07) is 3.95. The Morgan fingerprint density at radius 3 is 2.21 bits per heavy atom. The Labute approximate surface area is 101 Å². The molecule has 0 heterocycles. The van der Waals surface area contributed by atoms with E-state index in [1.54, 1.807) is 14.2 Å². The van der Waals surface area contributed by atoms with Gasteiger partial charge in [0.1, 0.15) is 0 Å². The van der Waals surface area contributed by atoms with E-state index >= 15 is 0 Å². The lowest BCUT2D eigenvalue weighted by Gasteiger charge is -2.14. The van der Waals surface area contributed by atoms with Gasteiger partial charge >= 0.3 is 0 Å². The number of hydrogen-bond acceptors (Lipinski definition) is 2. The number of hydrogen-bond donors (Lipinski definition) is 0. The van der Waals surface area contributed by atoms with Gasteiger partial charge in [0.05, 0.1) is 14.2 Å². The topological polar surface area (TPSA) is 18.5 Å². The van der Waals surface area contributed by atoms with Gasteiger partial charge in [0.25, 0.3) is 0 Å². The van der Waals surface area contributed by atoms with E-state index in [0.717, 1.165) is 27.7 Å². The summed E-state index contributed by atoms with van der Waals surface area (Å²) in [5.41, 5.74) is 2.34. The molecule has 0 fully saturated rings. The van der Waals surface area contributed by atoms with E-state index in [2.05, 4.69) is 31.9 Å². The molecule has 78 valence electrons. The maximum atomic E-state index is 5.32. The lowest BCUT2D eigenvalue weighted by atomic mass is 10.1. The zero-order valence-electron chi connectivity index (χ0n) is 8.14. The Morgan fingerprint density at radius 1 is 1.07 bits per heavy atom. The largest absolute Gasteiger partial charge is 0.493 e. The van der Waals surface area contributed by atoms with Crippen molar-refractivity contribution in [2.45, 2.75) is 10.7 Å². The third-order valence-electron chi connectivity index (χ3n) is 2.02. The molecular weight excluding hydrogens is 312 g/mol. The molecule has 0 aromatic heterocycles. The fourth-order valence-electron chi connectivity index (χ4n) is 1.30. The molecule has 0 radical (unpaired) electrons. The van der Waals surface area contributed by atoms with E-state index in [-0.39, 0.29) is 0 Å². The molecule has 0 saturated carbocycles. The van der Waals surface area contributed by atoms with E-state index in [1.807, 2.05) is 12.1 Å². The molecule has 0 aliphatic carbocycles. The van der Waals surface area contributed by atoms with Gasteiger partial charge in [-0.05, 0) is 11.6 Å². The number of ether oxygens (including phenoxy) is 2. The third kappa shape index (κ3) is 2.23. The van der Waals surface area contributed by atoms with Crippen molar-refractivity contribution in [3.63, 3.8) is 0 Å². The summed E-state index contributed by atoms with van der Waals surface area (Å²) >= 11 is 6.89. The molecule has 1 rings (SSSR count). The summed E-state index contributed by atoms with van der Waals surface area (Å²) in [6.45, 7) is 0. The maximum absolute atomic E-state index is 5.32. The highest BCUT2D eigenvalue weighted by Crippen LogP contribution is 2.35. The Morgan fingerprint density at radius 2 is 1.79 bits per heavy atom. The molecule has 0 N–H and O–H groups in total. The first-order chi connectivity index (χ1) is 6.78. The van der Waals surface area contributed by atoms with E-state index in [0.29, 0.717) is 0 Å². The summed E-state index contributed by atoms with van der Waals surface area (Å²) in [7, 11) is 3.30. The van der Waals surface area contributed by atoms with Crippen molar-refractivity contribution in [3.8, 4) is 11.5 Å². The zero-order valence-corrected chi connectivity index (χ0v) is 11.3. The zero-order chi connectivity index (χ0) is 10.6. The van der Waals surface area contributed by atoms with Crippen LogP contribution in [0.25, 0.3) is 0 Å². The van der Waals surface area contributed by atoms with Crippen molar-refractivity contribution >= 4 is 31.9 Å². The van der Waals surface area contributed by atoms with Crippen LogP contribution in [0.1, 0.15) is 11.1 Å². The molecule has 14 heavy (non-hydrogen) atoms. The lowest BCUT2D eigenvalue weighted by molar-refractivity contribution is 0.352. The minimum Gasteiger partial charge on any atom is -0.493 e. The summed E-state index contributed by atoms with van der Waals surface area (Å²) in [5, 5.41) is 1.57. The molecule has 0 aliphatic rings. The number of benzene rings is 1. The summed E-state index contributed by atoms with van der Waals surface area (Å²) in [6.07, 6.45) is 0. The van der Waals surface area contributed by atoms with Crippen molar-refractivity contribution in [2.24, 2.45) is 0 Å². The van der Waals surface area contributed by atoms with Gasteiger partial charge in [0, 0.05) is 16.2 Å². The SMILES string of the molecule is COc1ccc(CBr)c(CBr)c1OC. The molecule has 0 saturated heterocycles. The lowest BCUT2D eigenvalue weighted by Crippen LogP contribution is -1.97. The van der Waals surface area contributed by atoms with Gasteiger partial charge in [-0.3, -0.25) is 0 Å².